The van der Waals surface area contributed by atoms with Gasteiger partial charge < -0.3 is 15.6 Å². The number of halogens is 1. The maximum Gasteiger partial charge on any atom is 0.131 e. The van der Waals surface area contributed by atoms with E-state index in [9.17, 15) is 0 Å². The summed E-state index contributed by atoms with van der Waals surface area (Å²) >= 11 is 5.79. The third-order valence-electron chi connectivity index (χ3n) is 1.79. The Balaban J connectivity index is 2.82. The number of ether oxygens (including phenoxy) is 1. The Labute approximate surface area is 93.1 Å². The Kier molecular flexibility index (Phi) is 4.39. The SMILES string of the molecule is N=C(N)c1ccc(Cl)cc1OCCCO. The van der Waals surface area contributed by atoms with Crippen molar-refractivity contribution in [3.63, 3.8) is 0 Å². The Morgan fingerprint density at radius 2 is 2.27 bits per heavy atom. The van der Waals surface area contributed by atoms with Crippen LogP contribution in [0.5, 0.6) is 5.75 Å². The van der Waals surface area contributed by atoms with Crippen LogP contribution < -0.4 is 10.5 Å². The van der Waals surface area contributed by atoms with E-state index in [-0.39, 0.29) is 12.4 Å². The summed E-state index contributed by atoms with van der Waals surface area (Å²) in [6.07, 6.45) is 0.532. The molecule has 0 aliphatic rings. The summed E-state index contributed by atoms with van der Waals surface area (Å²) in [7, 11) is 0. The van der Waals surface area contributed by atoms with Gasteiger partial charge in [0.2, 0.25) is 0 Å². The number of hydrogen-bond donors (Lipinski definition) is 3. The predicted octanol–water partition coefficient (Wildman–Crippen LogP) is 1.39. The maximum absolute atomic E-state index is 8.60. The number of hydrogen-bond acceptors (Lipinski definition) is 3. The Morgan fingerprint density at radius 3 is 2.87 bits per heavy atom. The normalized spacial score (nSPS) is 10.0. The average Bonchev–Trinajstić information content (AvgIpc) is 2.18. The summed E-state index contributed by atoms with van der Waals surface area (Å²) in [4.78, 5) is 0. The van der Waals surface area contributed by atoms with Crippen LogP contribution in [0.2, 0.25) is 5.02 Å². The van der Waals surface area contributed by atoms with Crippen LogP contribution in [0.1, 0.15) is 12.0 Å². The van der Waals surface area contributed by atoms with E-state index >= 15 is 0 Å². The molecule has 0 unspecified atom stereocenters. The molecule has 0 amide bonds. The predicted molar refractivity (Wildman–Crippen MR) is 59.7 cm³/mol. The van der Waals surface area contributed by atoms with E-state index < -0.39 is 0 Å². The summed E-state index contributed by atoms with van der Waals surface area (Å²) in [5.41, 5.74) is 5.89. The number of nitrogen functional groups attached to an aromatic ring is 1. The van der Waals surface area contributed by atoms with Gasteiger partial charge in [0.05, 0.1) is 12.2 Å². The van der Waals surface area contributed by atoms with Crippen molar-refractivity contribution in [1.82, 2.24) is 0 Å². The molecule has 0 bridgehead atoms. The van der Waals surface area contributed by atoms with Crippen molar-refractivity contribution in [3.05, 3.63) is 28.8 Å². The van der Waals surface area contributed by atoms with Gasteiger partial charge in [-0.05, 0) is 18.2 Å². The Morgan fingerprint density at radius 1 is 1.53 bits per heavy atom. The topological polar surface area (TPSA) is 79.3 Å². The molecule has 0 spiro atoms. The summed E-state index contributed by atoms with van der Waals surface area (Å²) in [5.74, 6) is 0.411. The zero-order valence-corrected chi connectivity index (χ0v) is 8.92. The van der Waals surface area contributed by atoms with E-state index in [4.69, 9.17) is 32.6 Å². The van der Waals surface area contributed by atoms with Crippen LogP contribution in [0.15, 0.2) is 18.2 Å². The van der Waals surface area contributed by atoms with Crippen molar-refractivity contribution in [2.45, 2.75) is 6.42 Å². The van der Waals surface area contributed by atoms with E-state index in [0.717, 1.165) is 0 Å². The van der Waals surface area contributed by atoms with Crippen molar-refractivity contribution in [2.75, 3.05) is 13.2 Å². The van der Waals surface area contributed by atoms with E-state index in [1.54, 1.807) is 18.2 Å². The van der Waals surface area contributed by atoms with Gasteiger partial charge in [-0.3, -0.25) is 5.41 Å². The molecule has 82 valence electrons. The lowest BCUT2D eigenvalue weighted by Crippen LogP contribution is -2.13. The molecule has 5 heteroatoms. The number of nitrogens with one attached hydrogen (secondary N) is 1. The van der Waals surface area contributed by atoms with Crippen LogP contribution in [0.25, 0.3) is 0 Å². The minimum absolute atomic E-state index is 0.0642. The van der Waals surface area contributed by atoms with Crippen LogP contribution in [-0.4, -0.2) is 24.2 Å². The molecule has 4 nitrogen and oxygen atoms in total. The number of aliphatic hydroxyl groups is 1. The zero-order valence-electron chi connectivity index (χ0n) is 8.16. The monoisotopic (exact) mass is 228 g/mol. The van der Waals surface area contributed by atoms with Gasteiger partial charge in [0.1, 0.15) is 11.6 Å². The number of rotatable bonds is 5. The third-order valence-corrected chi connectivity index (χ3v) is 2.03. The Hall–Kier alpha value is -1.26. The number of aliphatic hydroxyl groups excluding tert-OH is 1. The first-order valence-corrected chi connectivity index (χ1v) is 4.90. The van der Waals surface area contributed by atoms with E-state index in [0.29, 0.717) is 29.4 Å². The first-order chi connectivity index (χ1) is 7.15. The summed E-state index contributed by atoms with van der Waals surface area (Å²) in [5, 5.41) is 16.5. The van der Waals surface area contributed by atoms with E-state index in [1.165, 1.54) is 0 Å². The largest absolute Gasteiger partial charge is 0.493 e. The highest BCUT2D eigenvalue weighted by Gasteiger charge is 2.07. The van der Waals surface area contributed by atoms with Gasteiger partial charge in [0.25, 0.3) is 0 Å². The van der Waals surface area contributed by atoms with Crippen molar-refractivity contribution in [1.29, 1.82) is 5.41 Å². The molecule has 0 fully saturated rings. The zero-order chi connectivity index (χ0) is 11.3. The van der Waals surface area contributed by atoms with Crippen LogP contribution in [-0.2, 0) is 0 Å². The maximum atomic E-state index is 8.60. The van der Waals surface area contributed by atoms with Crippen molar-refractivity contribution in [3.8, 4) is 5.75 Å². The second-order valence-corrected chi connectivity index (χ2v) is 3.42. The highest BCUT2D eigenvalue weighted by Crippen LogP contribution is 2.23. The average molecular weight is 229 g/mol. The van der Waals surface area contributed by atoms with Crippen molar-refractivity contribution < 1.29 is 9.84 Å². The van der Waals surface area contributed by atoms with Gasteiger partial charge in [-0.15, -0.1) is 0 Å². The molecule has 0 heterocycles. The summed E-state index contributed by atoms with van der Waals surface area (Å²) < 4.78 is 5.35. The van der Waals surface area contributed by atoms with E-state index in [2.05, 4.69) is 0 Å². The molecule has 0 atom stereocenters. The van der Waals surface area contributed by atoms with Gasteiger partial charge in [0, 0.05) is 18.1 Å². The lowest BCUT2D eigenvalue weighted by Gasteiger charge is -2.10. The molecule has 1 rings (SSSR count). The molecule has 15 heavy (non-hydrogen) atoms. The molecule has 0 aliphatic heterocycles. The third kappa shape index (κ3) is 3.42. The fourth-order valence-corrected chi connectivity index (χ4v) is 1.25. The Bertz CT molecular complexity index is 355. The van der Waals surface area contributed by atoms with Gasteiger partial charge in [0.15, 0.2) is 0 Å². The highest BCUT2D eigenvalue weighted by molar-refractivity contribution is 6.30. The van der Waals surface area contributed by atoms with Gasteiger partial charge in [-0.2, -0.15) is 0 Å². The minimum Gasteiger partial charge on any atom is -0.493 e. The van der Waals surface area contributed by atoms with Crippen molar-refractivity contribution in [2.24, 2.45) is 5.73 Å². The first kappa shape index (κ1) is 11.8. The fraction of sp³-hybridized carbons (Fsp3) is 0.300. The number of nitrogens with two attached hydrogens (primary N) is 1. The van der Waals surface area contributed by atoms with Gasteiger partial charge >= 0.3 is 0 Å². The molecule has 0 aliphatic carbocycles. The summed E-state index contributed by atoms with van der Waals surface area (Å²) in [6.45, 7) is 0.438. The smallest absolute Gasteiger partial charge is 0.131 e. The number of amidine groups is 1. The minimum atomic E-state index is -0.0642. The molecule has 4 N–H and O–H groups in total. The molecule has 0 aromatic heterocycles. The fourth-order valence-electron chi connectivity index (χ4n) is 1.08. The molecule has 0 radical (unpaired) electrons. The molecule has 0 saturated heterocycles. The lowest BCUT2D eigenvalue weighted by atomic mass is 10.2. The molecular weight excluding hydrogens is 216 g/mol. The molecule has 0 saturated carbocycles. The van der Waals surface area contributed by atoms with Crippen LogP contribution in [0.4, 0.5) is 0 Å². The first-order valence-electron chi connectivity index (χ1n) is 4.52. The van der Waals surface area contributed by atoms with Crippen LogP contribution >= 0.6 is 11.6 Å². The second-order valence-electron chi connectivity index (χ2n) is 2.98. The quantitative estimate of drug-likeness (QED) is 0.405. The van der Waals surface area contributed by atoms with Gasteiger partial charge in [-0.1, -0.05) is 11.6 Å². The molecular formula is C10H13ClN2O2. The van der Waals surface area contributed by atoms with Gasteiger partial charge in [-0.25, -0.2) is 0 Å². The second kappa shape index (κ2) is 5.58. The van der Waals surface area contributed by atoms with Crippen LogP contribution in [0, 0.1) is 5.41 Å². The van der Waals surface area contributed by atoms with E-state index in [1.807, 2.05) is 0 Å². The summed E-state index contributed by atoms with van der Waals surface area (Å²) in [6, 6.07) is 4.89. The standard InChI is InChI=1S/C10H13ClN2O2/c11-7-2-3-8(10(12)13)9(6-7)15-5-1-4-14/h2-3,6,14H,1,4-5H2,(H3,12,13). The highest BCUT2D eigenvalue weighted by atomic mass is 35.5. The molecule has 1 aromatic carbocycles. The van der Waals surface area contributed by atoms with Crippen LogP contribution in [0.3, 0.4) is 0 Å². The van der Waals surface area contributed by atoms with Crippen molar-refractivity contribution >= 4 is 17.4 Å². The number of benzene rings is 1. The molecule has 1 aromatic rings. The lowest BCUT2D eigenvalue weighted by molar-refractivity contribution is 0.233.